The van der Waals surface area contributed by atoms with Gasteiger partial charge in [-0.1, -0.05) is 30.3 Å². The molecule has 0 amide bonds. The molecular weight excluding hydrogens is 248 g/mol. The number of aromatic nitrogens is 2. The highest BCUT2D eigenvalue weighted by atomic mass is 15.3. The number of rotatable bonds is 5. The lowest BCUT2D eigenvalue weighted by molar-refractivity contribution is 0.340. The number of hydrogen-bond donors (Lipinski definition) is 1. The smallest absolute Gasteiger partial charge is 0.148 e. The summed E-state index contributed by atoms with van der Waals surface area (Å²) in [6, 6.07) is 13.3. The minimum absolute atomic E-state index is 0.528. The van der Waals surface area contributed by atoms with E-state index < -0.39 is 0 Å². The second kappa shape index (κ2) is 6.09. The van der Waals surface area contributed by atoms with Gasteiger partial charge in [0.2, 0.25) is 0 Å². The number of nitrogens with zero attached hydrogens (tertiary/aromatic N) is 3. The van der Waals surface area contributed by atoms with E-state index >= 15 is 0 Å². The number of nitrogens with one attached hydrogen (secondary N) is 1. The first-order chi connectivity index (χ1) is 9.79. The van der Waals surface area contributed by atoms with Gasteiger partial charge in [0.15, 0.2) is 0 Å². The molecule has 1 unspecified atom stereocenters. The topological polar surface area (TPSA) is 33.1 Å². The van der Waals surface area contributed by atoms with Crippen molar-refractivity contribution in [2.75, 3.05) is 25.0 Å². The molecule has 1 N–H and O–H groups in total. The number of aryl methyl sites for hydroxylation is 1. The Morgan fingerprint density at radius 2 is 2.10 bits per heavy atom. The molecule has 1 atom stereocenters. The minimum atomic E-state index is 0.528. The van der Waals surface area contributed by atoms with Gasteiger partial charge in [-0.2, -0.15) is 5.10 Å². The maximum absolute atomic E-state index is 4.38. The first-order valence-electron chi connectivity index (χ1n) is 7.32. The lowest BCUT2D eigenvalue weighted by Gasteiger charge is -2.16. The van der Waals surface area contributed by atoms with Crippen molar-refractivity contribution in [1.29, 1.82) is 0 Å². The summed E-state index contributed by atoms with van der Waals surface area (Å²) in [4.78, 5) is 2.54. The third-order valence-corrected chi connectivity index (χ3v) is 3.90. The van der Waals surface area contributed by atoms with Crippen LogP contribution in [0.15, 0.2) is 42.6 Å². The van der Waals surface area contributed by atoms with E-state index in [1.807, 2.05) is 24.0 Å². The Bertz CT molecular complexity index is 534. The van der Waals surface area contributed by atoms with Crippen molar-refractivity contribution in [3.8, 4) is 0 Å². The van der Waals surface area contributed by atoms with E-state index in [-0.39, 0.29) is 0 Å². The zero-order valence-electron chi connectivity index (χ0n) is 12.0. The third kappa shape index (κ3) is 3.39. The Morgan fingerprint density at radius 3 is 2.85 bits per heavy atom. The predicted molar refractivity (Wildman–Crippen MR) is 81.8 cm³/mol. The van der Waals surface area contributed by atoms with Crippen LogP contribution in [0.25, 0.3) is 0 Å². The maximum atomic E-state index is 4.38. The Hall–Kier alpha value is -1.81. The van der Waals surface area contributed by atoms with Crippen molar-refractivity contribution in [1.82, 2.24) is 14.7 Å². The van der Waals surface area contributed by atoms with E-state index in [0.29, 0.717) is 6.04 Å². The first-order valence-corrected chi connectivity index (χ1v) is 7.32. The molecule has 0 saturated carbocycles. The summed E-state index contributed by atoms with van der Waals surface area (Å²) >= 11 is 0. The quantitative estimate of drug-likeness (QED) is 0.903. The van der Waals surface area contributed by atoms with E-state index in [2.05, 4.69) is 45.6 Å². The van der Waals surface area contributed by atoms with Crippen LogP contribution in [0.3, 0.4) is 0 Å². The van der Waals surface area contributed by atoms with Gasteiger partial charge in [0.05, 0.1) is 0 Å². The predicted octanol–water partition coefficient (Wildman–Crippen LogP) is 2.15. The van der Waals surface area contributed by atoms with Gasteiger partial charge in [0, 0.05) is 45.0 Å². The summed E-state index contributed by atoms with van der Waals surface area (Å²) in [5.41, 5.74) is 1.42. The molecule has 1 fully saturated rings. The summed E-state index contributed by atoms with van der Waals surface area (Å²) in [6.45, 7) is 3.44. The molecule has 3 rings (SSSR count). The maximum Gasteiger partial charge on any atom is 0.148 e. The lowest BCUT2D eigenvalue weighted by atomic mass is 10.1. The summed E-state index contributed by atoms with van der Waals surface area (Å²) in [5, 5.41) is 7.90. The van der Waals surface area contributed by atoms with Crippen molar-refractivity contribution in [3.63, 3.8) is 0 Å². The minimum Gasteiger partial charge on any atom is -0.365 e. The van der Waals surface area contributed by atoms with Crippen molar-refractivity contribution < 1.29 is 0 Å². The van der Waals surface area contributed by atoms with Crippen LogP contribution >= 0.6 is 0 Å². The van der Waals surface area contributed by atoms with Crippen molar-refractivity contribution in [3.05, 3.63) is 48.2 Å². The molecule has 0 spiro atoms. The highest BCUT2D eigenvalue weighted by molar-refractivity contribution is 5.34. The monoisotopic (exact) mass is 270 g/mol. The van der Waals surface area contributed by atoms with Gasteiger partial charge >= 0.3 is 0 Å². The van der Waals surface area contributed by atoms with Gasteiger partial charge in [-0.05, 0) is 18.4 Å². The second-order valence-electron chi connectivity index (χ2n) is 5.54. The molecule has 1 aliphatic rings. The fourth-order valence-electron chi connectivity index (χ4n) is 2.79. The third-order valence-electron chi connectivity index (χ3n) is 3.90. The summed E-state index contributed by atoms with van der Waals surface area (Å²) in [7, 11) is 1.95. The van der Waals surface area contributed by atoms with E-state index in [0.717, 1.165) is 25.3 Å². The summed E-state index contributed by atoms with van der Waals surface area (Å²) < 4.78 is 1.84. The van der Waals surface area contributed by atoms with Crippen LogP contribution < -0.4 is 5.32 Å². The Labute approximate surface area is 120 Å². The molecule has 2 heterocycles. The van der Waals surface area contributed by atoms with E-state index in [4.69, 9.17) is 0 Å². The molecule has 4 nitrogen and oxygen atoms in total. The number of anilines is 1. The van der Waals surface area contributed by atoms with Crippen LogP contribution in [0.5, 0.6) is 0 Å². The zero-order chi connectivity index (χ0) is 13.8. The molecule has 1 aromatic heterocycles. The largest absolute Gasteiger partial charge is 0.365 e. The number of benzene rings is 1. The van der Waals surface area contributed by atoms with Crippen LogP contribution in [-0.4, -0.2) is 40.4 Å². The second-order valence-corrected chi connectivity index (χ2v) is 5.54. The summed E-state index contributed by atoms with van der Waals surface area (Å²) in [5.74, 6) is 0.988. The van der Waals surface area contributed by atoms with Gasteiger partial charge in [-0.15, -0.1) is 0 Å². The molecular formula is C16H22N4. The SMILES string of the molecule is Cn1ccc(NC2CCN(CCc3ccccc3)C2)n1. The number of likely N-dealkylation sites (tertiary alicyclic amines) is 1. The molecule has 2 aromatic rings. The molecule has 1 saturated heterocycles. The fourth-order valence-corrected chi connectivity index (χ4v) is 2.79. The molecule has 1 aromatic carbocycles. The van der Waals surface area contributed by atoms with Crippen LogP contribution in [0.1, 0.15) is 12.0 Å². The van der Waals surface area contributed by atoms with E-state index in [1.165, 1.54) is 18.5 Å². The normalized spacial score (nSPS) is 19.4. The highest BCUT2D eigenvalue weighted by Crippen LogP contribution is 2.15. The molecule has 4 heteroatoms. The van der Waals surface area contributed by atoms with E-state index in [9.17, 15) is 0 Å². The van der Waals surface area contributed by atoms with Crippen LogP contribution in [0.4, 0.5) is 5.82 Å². The van der Waals surface area contributed by atoms with Crippen molar-refractivity contribution >= 4 is 5.82 Å². The average Bonchev–Trinajstić information content (AvgIpc) is 3.08. The Balaban J connectivity index is 1.45. The van der Waals surface area contributed by atoms with Crippen molar-refractivity contribution in [2.45, 2.75) is 18.9 Å². The molecule has 0 radical (unpaired) electrons. The van der Waals surface area contributed by atoms with Crippen LogP contribution in [-0.2, 0) is 13.5 Å². The summed E-state index contributed by atoms with van der Waals surface area (Å²) in [6.07, 6.45) is 4.31. The standard InChI is InChI=1S/C16H22N4/c1-19-10-9-16(18-19)17-15-8-12-20(13-15)11-7-14-5-3-2-4-6-14/h2-6,9-10,15H,7-8,11-13H2,1H3,(H,17,18). The molecule has 1 aliphatic heterocycles. The number of hydrogen-bond acceptors (Lipinski definition) is 3. The molecule has 20 heavy (non-hydrogen) atoms. The molecule has 106 valence electrons. The van der Waals surface area contributed by atoms with Crippen molar-refractivity contribution in [2.24, 2.45) is 7.05 Å². The first kappa shape index (κ1) is 13.2. The van der Waals surface area contributed by atoms with E-state index in [1.54, 1.807) is 0 Å². The molecule has 0 aliphatic carbocycles. The Kier molecular flexibility index (Phi) is 4.02. The zero-order valence-corrected chi connectivity index (χ0v) is 12.0. The van der Waals surface area contributed by atoms with Gasteiger partial charge in [0.1, 0.15) is 5.82 Å². The average molecular weight is 270 g/mol. The van der Waals surface area contributed by atoms with Gasteiger partial charge in [0.25, 0.3) is 0 Å². The van der Waals surface area contributed by atoms with Gasteiger partial charge < -0.3 is 10.2 Å². The highest BCUT2D eigenvalue weighted by Gasteiger charge is 2.22. The fraction of sp³-hybridized carbons (Fsp3) is 0.438. The lowest BCUT2D eigenvalue weighted by Crippen LogP contribution is -2.28. The van der Waals surface area contributed by atoms with Gasteiger partial charge in [-0.3, -0.25) is 4.68 Å². The van der Waals surface area contributed by atoms with Crippen LogP contribution in [0.2, 0.25) is 0 Å². The molecule has 0 bridgehead atoms. The van der Waals surface area contributed by atoms with Crippen LogP contribution in [0, 0.1) is 0 Å². The van der Waals surface area contributed by atoms with Gasteiger partial charge in [-0.25, -0.2) is 0 Å². The Morgan fingerprint density at radius 1 is 1.25 bits per heavy atom.